The first-order chi connectivity index (χ1) is 15.9. The van der Waals surface area contributed by atoms with Gasteiger partial charge in [0.1, 0.15) is 11.0 Å². The summed E-state index contributed by atoms with van der Waals surface area (Å²) in [7, 11) is -5.50. The van der Waals surface area contributed by atoms with Crippen molar-refractivity contribution in [2.75, 3.05) is 23.9 Å². The van der Waals surface area contributed by atoms with Crippen LogP contribution < -0.4 is 4.90 Å². The Morgan fingerprint density at radius 1 is 1.03 bits per heavy atom. The molecule has 1 aromatic rings. The molecule has 2 amide bonds. The SMILES string of the molecule is CCOP(=O)(OCC)OC1=C2CCC[C@@H]2[C@@H]2C(=O)N(c3ccccc3)C(=O)[C@@H]2[C@@H]1S(=O)CC. The number of imide groups is 1. The summed E-state index contributed by atoms with van der Waals surface area (Å²) < 4.78 is 43.3. The second kappa shape index (κ2) is 9.82. The average Bonchev–Trinajstić information content (AvgIpc) is 3.37. The third kappa shape index (κ3) is 4.25. The molecule has 8 nitrogen and oxygen atoms in total. The third-order valence-corrected chi connectivity index (χ3v) is 9.72. The zero-order valence-electron chi connectivity index (χ0n) is 19.1. The average molecular weight is 496 g/mol. The Hall–Kier alpha value is -1.80. The molecule has 3 aliphatic rings. The van der Waals surface area contributed by atoms with Crippen LogP contribution in [0.5, 0.6) is 0 Å². The van der Waals surface area contributed by atoms with Crippen molar-refractivity contribution >= 4 is 36.1 Å². The van der Waals surface area contributed by atoms with E-state index in [4.69, 9.17) is 13.6 Å². The van der Waals surface area contributed by atoms with E-state index in [9.17, 15) is 18.4 Å². The normalized spacial score (nSPS) is 28.2. The number of para-hydroxylation sites is 1. The van der Waals surface area contributed by atoms with Gasteiger partial charge in [-0.05, 0) is 56.7 Å². The predicted octanol–water partition coefficient (Wildman–Crippen LogP) is 4.19. The van der Waals surface area contributed by atoms with E-state index < -0.39 is 41.6 Å². The summed E-state index contributed by atoms with van der Waals surface area (Å²) in [5.74, 6) is -1.82. The number of benzene rings is 1. The molecule has 4 rings (SSSR count). The molecular weight excluding hydrogens is 465 g/mol. The number of rotatable bonds is 9. The second-order valence-corrected chi connectivity index (χ2v) is 11.7. The Balaban J connectivity index is 1.82. The Bertz CT molecular complexity index is 1020. The van der Waals surface area contributed by atoms with Gasteiger partial charge in [-0.25, -0.2) is 9.46 Å². The highest BCUT2D eigenvalue weighted by molar-refractivity contribution is 7.85. The molecule has 1 aromatic carbocycles. The Labute approximate surface area is 196 Å². The molecule has 33 heavy (non-hydrogen) atoms. The minimum atomic E-state index is -3.97. The lowest BCUT2D eigenvalue weighted by Gasteiger charge is -2.37. The molecule has 1 aliphatic heterocycles. The van der Waals surface area contributed by atoms with Crippen LogP contribution in [-0.4, -0.2) is 40.2 Å². The number of phosphoric ester groups is 1. The van der Waals surface area contributed by atoms with Gasteiger partial charge in [-0.15, -0.1) is 0 Å². The summed E-state index contributed by atoms with van der Waals surface area (Å²) in [4.78, 5) is 28.5. The van der Waals surface area contributed by atoms with Gasteiger partial charge in [-0.3, -0.25) is 22.8 Å². The first-order valence-electron chi connectivity index (χ1n) is 11.5. The van der Waals surface area contributed by atoms with Crippen molar-refractivity contribution in [2.45, 2.75) is 45.3 Å². The van der Waals surface area contributed by atoms with E-state index in [2.05, 4.69) is 0 Å². The lowest BCUT2D eigenvalue weighted by molar-refractivity contribution is -0.122. The van der Waals surface area contributed by atoms with Crippen molar-refractivity contribution in [2.24, 2.45) is 17.8 Å². The lowest BCUT2D eigenvalue weighted by atomic mass is 9.73. The number of hydrogen-bond acceptors (Lipinski definition) is 7. The number of nitrogens with zero attached hydrogens (tertiary/aromatic N) is 1. The van der Waals surface area contributed by atoms with E-state index in [1.807, 2.05) is 6.07 Å². The highest BCUT2D eigenvalue weighted by atomic mass is 32.2. The van der Waals surface area contributed by atoms with Gasteiger partial charge in [0.15, 0.2) is 0 Å². The minimum absolute atomic E-state index is 0.107. The largest absolute Gasteiger partial charge is 0.529 e. The summed E-state index contributed by atoms with van der Waals surface area (Å²) in [5, 5.41) is -0.885. The monoisotopic (exact) mass is 495 g/mol. The van der Waals surface area contributed by atoms with Crippen molar-refractivity contribution in [3.8, 4) is 0 Å². The summed E-state index contributed by atoms with van der Waals surface area (Å²) in [6.45, 7) is 5.34. The molecule has 180 valence electrons. The van der Waals surface area contributed by atoms with Gasteiger partial charge < -0.3 is 4.52 Å². The Morgan fingerprint density at radius 3 is 2.27 bits per heavy atom. The molecule has 0 bridgehead atoms. The molecule has 0 radical (unpaired) electrons. The van der Waals surface area contributed by atoms with E-state index in [-0.39, 0.29) is 36.6 Å². The van der Waals surface area contributed by atoms with Gasteiger partial charge in [0, 0.05) is 16.6 Å². The molecule has 5 atom stereocenters. The Morgan fingerprint density at radius 2 is 1.67 bits per heavy atom. The molecule has 0 aromatic heterocycles. The molecular formula is C23H30NO7PS. The molecule has 2 fully saturated rings. The summed E-state index contributed by atoms with van der Waals surface area (Å²) in [6, 6.07) is 8.80. The number of carbonyl (C=O) groups is 2. The highest BCUT2D eigenvalue weighted by Crippen LogP contribution is 2.59. The first-order valence-corrected chi connectivity index (χ1v) is 14.3. The maximum atomic E-state index is 13.7. The zero-order chi connectivity index (χ0) is 23.8. The van der Waals surface area contributed by atoms with Crippen LogP contribution in [0.1, 0.15) is 40.0 Å². The number of phosphoric acid groups is 1. The van der Waals surface area contributed by atoms with Crippen molar-refractivity contribution in [3.63, 3.8) is 0 Å². The number of fused-ring (bicyclic) bond motifs is 3. The summed E-state index contributed by atoms with van der Waals surface area (Å²) >= 11 is 0. The maximum absolute atomic E-state index is 13.7. The molecule has 1 unspecified atom stereocenters. The fourth-order valence-electron chi connectivity index (χ4n) is 5.31. The van der Waals surface area contributed by atoms with E-state index in [0.29, 0.717) is 18.5 Å². The van der Waals surface area contributed by atoms with Gasteiger partial charge in [0.25, 0.3) is 0 Å². The van der Waals surface area contributed by atoms with Crippen LogP contribution in [-0.2, 0) is 38.5 Å². The predicted molar refractivity (Wildman–Crippen MR) is 125 cm³/mol. The number of allylic oxidation sites excluding steroid dienone is 1. The minimum Gasteiger partial charge on any atom is -0.407 e. The van der Waals surface area contributed by atoms with Crippen molar-refractivity contribution in [3.05, 3.63) is 41.7 Å². The lowest BCUT2D eigenvalue weighted by Crippen LogP contribution is -2.44. The fourth-order valence-corrected chi connectivity index (χ4v) is 8.07. The van der Waals surface area contributed by atoms with Crippen LogP contribution in [0.25, 0.3) is 0 Å². The smallest absolute Gasteiger partial charge is 0.407 e. The quantitative estimate of drug-likeness (QED) is 0.374. The third-order valence-electron chi connectivity index (χ3n) is 6.51. The molecule has 1 heterocycles. The van der Waals surface area contributed by atoms with Crippen LogP contribution in [0.2, 0.25) is 0 Å². The van der Waals surface area contributed by atoms with Gasteiger partial charge in [-0.1, -0.05) is 25.1 Å². The van der Waals surface area contributed by atoms with Crippen LogP contribution in [0.15, 0.2) is 41.7 Å². The van der Waals surface area contributed by atoms with Crippen molar-refractivity contribution in [1.82, 2.24) is 0 Å². The first kappa shape index (κ1) is 24.3. The van der Waals surface area contributed by atoms with Crippen molar-refractivity contribution < 1.29 is 31.9 Å². The zero-order valence-corrected chi connectivity index (χ0v) is 20.8. The van der Waals surface area contributed by atoms with Gasteiger partial charge >= 0.3 is 7.82 Å². The van der Waals surface area contributed by atoms with Crippen molar-refractivity contribution in [1.29, 1.82) is 0 Å². The van der Waals surface area contributed by atoms with Crippen LogP contribution >= 0.6 is 7.82 Å². The number of amides is 2. The van der Waals surface area contributed by atoms with Gasteiger partial charge in [-0.2, -0.15) is 0 Å². The molecule has 1 saturated carbocycles. The second-order valence-electron chi connectivity index (χ2n) is 8.25. The molecule has 0 N–H and O–H groups in total. The fraction of sp³-hybridized carbons (Fsp3) is 0.565. The topological polar surface area (TPSA) is 99.2 Å². The van der Waals surface area contributed by atoms with E-state index >= 15 is 0 Å². The molecule has 1 saturated heterocycles. The van der Waals surface area contributed by atoms with E-state index in [1.54, 1.807) is 45.0 Å². The standard InChI is InChI=1S/C23H30NO7PS/c1-4-29-32(27,30-5-2)31-20-17-14-10-13-16(17)18-19(21(20)33(28)6-3)23(26)24(22(18)25)15-11-8-7-9-12-15/h7-9,11-12,16,18-19,21H,4-6,10,13-14H2,1-3H3/t16-,18-,19-,21-,33?/m0/s1. The highest BCUT2D eigenvalue weighted by Gasteiger charge is 2.61. The maximum Gasteiger partial charge on any atom is 0.529 e. The molecule has 0 spiro atoms. The van der Waals surface area contributed by atoms with Crippen LogP contribution in [0.3, 0.4) is 0 Å². The van der Waals surface area contributed by atoms with E-state index in [0.717, 1.165) is 12.0 Å². The van der Waals surface area contributed by atoms with Crippen LogP contribution in [0, 0.1) is 17.8 Å². The summed E-state index contributed by atoms with van der Waals surface area (Å²) in [6.07, 6.45) is 2.15. The van der Waals surface area contributed by atoms with Crippen LogP contribution in [0.4, 0.5) is 5.69 Å². The van der Waals surface area contributed by atoms with Gasteiger partial charge in [0.05, 0.1) is 30.7 Å². The number of carbonyl (C=O) groups excluding carboxylic acids is 2. The van der Waals surface area contributed by atoms with Gasteiger partial charge in [0.2, 0.25) is 11.8 Å². The summed E-state index contributed by atoms with van der Waals surface area (Å²) in [5.41, 5.74) is 1.32. The Kier molecular flexibility index (Phi) is 7.24. The molecule has 2 aliphatic carbocycles. The molecule has 10 heteroatoms. The number of anilines is 1. The van der Waals surface area contributed by atoms with E-state index in [1.165, 1.54) is 4.90 Å². The number of hydrogen-bond donors (Lipinski definition) is 0.